The largest absolute Gasteiger partial charge is 0.508 e. The van der Waals surface area contributed by atoms with E-state index >= 15 is 0 Å². The molecule has 4 saturated carbocycles. The Labute approximate surface area is 136 Å². The maximum Gasteiger partial charge on any atom is 0.224 e. The molecule has 4 heteroatoms. The maximum absolute atomic E-state index is 12.5. The van der Waals surface area contributed by atoms with E-state index in [2.05, 4.69) is 5.32 Å². The van der Waals surface area contributed by atoms with Crippen LogP contribution >= 0.6 is 11.6 Å². The molecule has 0 saturated heterocycles. The molecule has 1 aromatic rings. The predicted molar refractivity (Wildman–Crippen MR) is 87.0 cm³/mol. The molecule has 4 aliphatic rings. The van der Waals surface area contributed by atoms with E-state index in [1.807, 2.05) is 0 Å². The topological polar surface area (TPSA) is 49.3 Å². The van der Waals surface area contributed by atoms with Crippen LogP contribution in [0.25, 0.3) is 0 Å². The molecule has 5 rings (SSSR count). The first-order valence-corrected chi connectivity index (χ1v) is 8.67. The lowest BCUT2D eigenvalue weighted by atomic mass is 9.49. The van der Waals surface area contributed by atoms with Gasteiger partial charge < -0.3 is 10.4 Å². The number of phenols is 1. The summed E-state index contributed by atoms with van der Waals surface area (Å²) in [5.74, 6) is 2.71. The summed E-state index contributed by atoms with van der Waals surface area (Å²) < 4.78 is 0. The van der Waals surface area contributed by atoms with Gasteiger partial charge in [0, 0.05) is 12.5 Å². The quantitative estimate of drug-likeness (QED) is 0.856. The van der Waals surface area contributed by atoms with Gasteiger partial charge in [-0.05, 0) is 73.8 Å². The highest BCUT2D eigenvalue weighted by Crippen LogP contribution is 2.61. The summed E-state index contributed by atoms with van der Waals surface area (Å²) in [7, 11) is 0. The molecule has 0 aromatic heterocycles. The number of phenolic OH excluding ortho intramolecular Hbond substituents is 1. The van der Waals surface area contributed by atoms with Crippen molar-refractivity contribution in [3.05, 3.63) is 23.2 Å². The van der Waals surface area contributed by atoms with E-state index in [0.717, 1.165) is 17.8 Å². The molecule has 0 spiro atoms. The van der Waals surface area contributed by atoms with Crippen molar-refractivity contribution >= 4 is 23.2 Å². The fourth-order valence-electron chi connectivity index (χ4n) is 5.65. The van der Waals surface area contributed by atoms with Crippen molar-refractivity contribution < 1.29 is 9.90 Å². The van der Waals surface area contributed by atoms with E-state index in [9.17, 15) is 9.90 Å². The molecular weight excluding hydrogens is 298 g/mol. The second-order valence-corrected chi connectivity index (χ2v) is 8.21. The molecule has 22 heavy (non-hydrogen) atoms. The molecule has 118 valence electrons. The van der Waals surface area contributed by atoms with Gasteiger partial charge in [-0.15, -0.1) is 0 Å². The standard InChI is InChI=1S/C18H22ClNO2/c19-15-2-1-14(21)6-16(15)20-17(22)10-18-7-11-3-12(8-18)5-13(4-11)9-18/h1-2,6,11-13,21H,3-5,7-10H2,(H,20,22). The van der Waals surface area contributed by atoms with E-state index in [-0.39, 0.29) is 17.1 Å². The van der Waals surface area contributed by atoms with Gasteiger partial charge in [0.2, 0.25) is 5.91 Å². The van der Waals surface area contributed by atoms with E-state index < -0.39 is 0 Å². The Balaban J connectivity index is 1.47. The molecular formula is C18H22ClNO2. The maximum atomic E-state index is 12.5. The highest BCUT2D eigenvalue weighted by Gasteiger charge is 2.51. The number of hydrogen-bond donors (Lipinski definition) is 2. The summed E-state index contributed by atoms with van der Waals surface area (Å²) in [6.45, 7) is 0. The van der Waals surface area contributed by atoms with Gasteiger partial charge in [-0.1, -0.05) is 11.6 Å². The average molecular weight is 320 g/mol. The lowest BCUT2D eigenvalue weighted by Crippen LogP contribution is -2.47. The van der Waals surface area contributed by atoms with Crippen LogP contribution in [0.5, 0.6) is 5.75 Å². The van der Waals surface area contributed by atoms with Crippen LogP contribution in [0.15, 0.2) is 18.2 Å². The second kappa shape index (κ2) is 5.16. The van der Waals surface area contributed by atoms with Crippen LogP contribution in [0.1, 0.15) is 44.9 Å². The summed E-state index contributed by atoms with van der Waals surface area (Å²) >= 11 is 6.09. The first-order valence-electron chi connectivity index (χ1n) is 8.30. The SMILES string of the molecule is O=C(CC12CC3CC(CC(C3)C1)C2)Nc1cc(O)ccc1Cl. The number of hydrogen-bond acceptors (Lipinski definition) is 2. The molecule has 0 heterocycles. The molecule has 1 amide bonds. The first kappa shape index (κ1) is 14.4. The molecule has 3 nitrogen and oxygen atoms in total. The van der Waals surface area contributed by atoms with Crippen LogP contribution in [0, 0.1) is 23.2 Å². The summed E-state index contributed by atoms with van der Waals surface area (Å²) in [6, 6.07) is 4.65. The van der Waals surface area contributed by atoms with E-state index in [0.29, 0.717) is 17.1 Å². The number of carbonyl (C=O) groups is 1. The van der Waals surface area contributed by atoms with Crippen LogP contribution in [0.4, 0.5) is 5.69 Å². The smallest absolute Gasteiger partial charge is 0.224 e. The van der Waals surface area contributed by atoms with Gasteiger partial charge in [0.05, 0.1) is 10.7 Å². The summed E-state index contributed by atoms with van der Waals surface area (Å²) in [5.41, 5.74) is 0.735. The minimum atomic E-state index is 0.0365. The molecule has 0 atom stereocenters. The van der Waals surface area contributed by atoms with Crippen molar-refractivity contribution in [1.82, 2.24) is 0 Å². The number of nitrogens with one attached hydrogen (secondary N) is 1. The Kier molecular flexibility index (Phi) is 3.37. The molecule has 4 bridgehead atoms. The third-order valence-electron chi connectivity index (χ3n) is 5.92. The second-order valence-electron chi connectivity index (χ2n) is 7.81. The Morgan fingerprint density at radius 2 is 1.77 bits per heavy atom. The third-order valence-corrected chi connectivity index (χ3v) is 6.25. The van der Waals surface area contributed by atoms with Crippen molar-refractivity contribution in [1.29, 1.82) is 0 Å². The van der Waals surface area contributed by atoms with Gasteiger partial charge in [-0.3, -0.25) is 4.79 Å². The molecule has 4 aliphatic carbocycles. The van der Waals surface area contributed by atoms with Gasteiger partial charge in [-0.25, -0.2) is 0 Å². The Morgan fingerprint density at radius 1 is 1.18 bits per heavy atom. The van der Waals surface area contributed by atoms with Gasteiger partial charge in [0.25, 0.3) is 0 Å². The number of benzene rings is 1. The fourth-order valence-corrected chi connectivity index (χ4v) is 5.82. The molecule has 0 aliphatic heterocycles. The zero-order chi connectivity index (χ0) is 15.3. The normalized spacial score (nSPS) is 35.6. The molecule has 2 N–H and O–H groups in total. The zero-order valence-electron chi connectivity index (χ0n) is 12.6. The number of rotatable bonds is 3. The summed E-state index contributed by atoms with van der Waals surface area (Å²) in [5, 5.41) is 12.9. The number of aromatic hydroxyl groups is 1. The third kappa shape index (κ3) is 2.60. The predicted octanol–water partition coefficient (Wildman–Crippen LogP) is 4.59. The van der Waals surface area contributed by atoms with Crippen LogP contribution in [-0.4, -0.2) is 11.0 Å². The number of halogens is 1. The highest BCUT2D eigenvalue weighted by atomic mass is 35.5. The minimum Gasteiger partial charge on any atom is -0.508 e. The molecule has 0 unspecified atom stereocenters. The Hall–Kier alpha value is -1.22. The van der Waals surface area contributed by atoms with Gasteiger partial charge in [-0.2, -0.15) is 0 Å². The van der Waals surface area contributed by atoms with Crippen LogP contribution < -0.4 is 5.32 Å². The Bertz CT molecular complexity index is 578. The zero-order valence-corrected chi connectivity index (χ0v) is 13.4. The van der Waals surface area contributed by atoms with Crippen molar-refractivity contribution in [2.24, 2.45) is 23.2 Å². The molecule has 4 fully saturated rings. The molecule has 0 radical (unpaired) electrons. The molecule has 1 aromatic carbocycles. The van der Waals surface area contributed by atoms with Crippen molar-refractivity contribution in [3.63, 3.8) is 0 Å². The number of anilines is 1. The van der Waals surface area contributed by atoms with Crippen molar-refractivity contribution in [2.75, 3.05) is 5.32 Å². The first-order chi connectivity index (χ1) is 10.5. The summed E-state index contributed by atoms with van der Waals surface area (Å²) in [4.78, 5) is 12.5. The van der Waals surface area contributed by atoms with E-state index in [1.165, 1.54) is 50.7 Å². The highest BCUT2D eigenvalue weighted by molar-refractivity contribution is 6.33. The van der Waals surface area contributed by atoms with Gasteiger partial charge >= 0.3 is 0 Å². The Morgan fingerprint density at radius 3 is 2.36 bits per heavy atom. The monoisotopic (exact) mass is 319 g/mol. The fraction of sp³-hybridized carbons (Fsp3) is 0.611. The van der Waals surface area contributed by atoms with Crippen molar-refractivity contribution in [2.45, 2.75) is 44.9 Å². The van der Waals surface area contributed by atoms with E-state index in [1.54, 1.807) is 6.07 Å². The number of amides is 1. The van der Waals surface area contributed by atoms with Crippen LogP contribution in [-0.2, 0) is 4.79 Å². The van der Waals surface area contributed by atoms with Crippen LogP contribution in [0.2, 0.25) is 5.02 Å². The lowest BCUT2D eigenvalue weighted by molar-refractivity contribution is -0.124. The van der Waals surface area contributed by atoms with Gasteiger partial charge in [0.1, 0.15) is 5.75 Å². The van der Waals surface area contributed by atoms with Crippen LogP contribution in [0.3, 0.4) is 0 Å². The van der Waals surface area contributed by atoms with E-state index in [4.69, 9.17) is 11.6 Å². The van der Waals surface area contributed by atoms with Gasteiger partial charge in [0.15, 0.2) is 0 Å². The number of carbonyl (C=O) groups excluding carboxylic acids is 1. The van der Waals surface area contributed by atoms with Crippen molar-refractivity contribution in [3.8, 4) is 5.75 Å². The summed E-state index contributed by atoms with van der Waals surface area (Å²) in [6.07, 6.45) is 8.43. The average Bonchev–Trinajstić information content (AvgIpc) is 2.40. The lowest BCUT2D eigenvalue weighted by Gasteiger charge is -2.56. The minimum absolute atomic E-state index is 0.0365.